The van der Waals surface area contributed by atoms with Crippen LogP contribution in [-0.2, 0) is 9.84 Å². The highest BCUT2D eigenvalue weighted by Gasteiger charge is 2.26. The van der Waals surface area contributed by atoms with Crippen molar-refractivity contribution in [2.75, 3.05) is 0 Å². The number of hydrogen-bond donors (Lipinski definition) is 1. The maximum absolute atomic E-state index is 12.5. The Labute approximate surface area is 145 Å². The highest BCUT2D eigenvalue weighted by atomic mass is 32.2. The Morgan fingerprint density at radius 3 is 2.08 bits per heavy atom. The van der Waals surface area contributed by atoms with Crippen molar-refractivity contribution in [3.05, 3.63) is 65.2 Å². The van der Waals surface area contributed by atoms with Gasteiger partial charge in [-0.25, -0.2) is 8.42 Å². The standard InChI is InChI=1S/C18H19F2NO3S/c1-3-16(13-6-4-12(2)5-7-13)21-17(22)14-8-10-15(11-9-14)25(23,24)18(19)20/h4-11,16,18H,3H2,1-2H3,(H,21,22)/t16-/m0/s1. The molecular formula is C18H19F2NO3S. The van der Waals surface area contributed by atoms with Gasteiger partial charge in [-0.1, -0.05) is 36.8 Å². The third kappa shape index (κ3) is 4.42. The van der Waals surface area contributed by atoms with Gasteiger partial charge < -0.3 is 5.32 Å². The predicted octanol–water partition coefficient (Wildman–Crippen LogP) is 3.87. The molecule has 7 heteroatoms. The highest BCUT2D eigenvalue weighted by molar-refractivity contribution is 7.91. The molecule has 1 amide bonds. The second kappa shape index (κ2) is 7.74. The van der Waals surface area contributed by atoms with Crippen molar-refractivity contribution < 1.29 is 22.0 Å². The number of hydrogen-bond acceptors (Lipinski definition) is 3. The number of alkyl halides is 2. The lowest BCUT2D eigenvalue weighted by Gasteiger charge is -2.18. The second-order valence-electron chi connectivity index (χ2n) is 5.68. The van der Waals surface area contributed by atoms with Crippen molar-refractivity contribution >= 4 is 15.7 Å². The maximum atomic E-state index is 12.5. The zero-order chi connectivity index (χ0) is 18.6. The number of halogens is 2. The van der Waals surface area contributed by atoms with Gasteiger partial charge in [0.1, 0.15) is 0 Å². The number of carbonyl (C=O) groups excluding carboxylic acids is 1. The molecule has 25 heavy (non-hydrogen) atoms. The first-order valence-electron chi connectivity index (χ1n) is 7.75. The third-order valence-electron chi connectivity index (χ3n) is 3.87. The molecule has 0 aliphatic heterocycles. The number of sulfone groups is 1. The van der Waals surface area contributed by atoms with E-state index in [0.29, 0.717) is 6.42 Å². The summed E-state index contributed by atoms with van der Waals surface area (Å²) in [4.78, 5) is 11.8. The van der Waals surface area contributed by atoms with E-state index in [4.69, 9.17) is 0 Å². The quantitative estimate of drug-likeness (QED) is 0.843. The average molecular weight is 367 g/mol. The van der Waals surface area contributed by atoms with Gasteiger partial charge in [0.2, 0.25) is 9.84 Å². The van der Waals surface area contributed by atoms with Gasteiger partial charge in [0.25, 0.3) is 5.91 Å². The zero-order valence-corrected chi connectivity index (χ0v) is 14.7. The molecule has 0 bridgehead atoms. The summed E-state index contributed by atoms with van der Waals surface area (Å²) in [6, 6.07) is 12.1. The Morgan fingerprint density at radius 1 is 1.04 bits per heavy atom. The molecule has 4 nitrogen and oxygen atoms in total. The molecule has 0 heterocycles. The first-order valence-corrected chi connectivity index (χ1v) is 9.30. The number of benzene rings is 2. The van der Waals surface area contributed by atoms with Crippen LogP contribution in [0.4, 0.5) is 8.78 Å². The molecule has 0 aliphatic rings. The van der Waals surface area contributed by atoms with Gasteiger partial charge in [0.15, 0.2) is 0 Å². The Morgan fingerprint density at radius 2 is 1.60 bits per heavy atom. The van der Waals surface area contributed by atoms with Crippen LogP contribution in [-0.4, -0.2) is 20.1 Å². The van der Waals surface area contributed by atoms with Crippen molar-refractivity contribution in [3.8, 4) is 0 Å². The molecule has 0 saturated carbocycles. The number of carbonyl (C=O) groups is 1. The van der Waals surface area contributed by atoms with Gasteiger partial charge >= 0.3 is 5.76 Å². The fraction of sp³-hybridized carbons (Fsp3) is 0.278. The highest BCUT2D eigenvalue weighted by Crippen LogP contribution is 2.20. The van der Waals surface area contributed by atoms with Crippen LogP contribution in [0, 0.1) is 6.92 Å². The Bertz CT molecular complexity index is 832. The molecule has 0 aliphatic carbocycles. The second-order valence-corrected chi connectivity index (χ2v) is 7.59. The van der Waals surface area contributed by atoms with Gasteiger partial charge in [0.05, 0.1) is 10.9 Å². The lowest BCUT2D eigenvalue weighted by molar-refractivity contribution is 0.0935. The summed E-state index contributed by atoms with van der Waals surface area (Å²) in [6.45, 7) is 3.90. The normalized spacial score (nSPS) is 12.8. The minimum Gasteiger partial charge on any atom is -0.345 e. The first kappa shape index (κ1) is 19.1. The summed E-state index contributed by atoms with van der Waals surface area (Å²) in [6.07, 6.45) is 0.673. The first-order chi connectivity index (χ1) is 11.8. The monoisotopic (exact) mass is 367 g/mol. The summed E-state index contributed by atoms with van der Waals surface area (Å²) in [5.41, 5.74) is 2.28. The summed E-state index contributed by atoms with van der Waals surface area (Å²) in [5.74, 6) is -3.88. The maximum Gasteiger partial charge on any atom is 0.341 e. The summed E-state index contributed by atoms with van der Waals surface area (Å²) in [5, 5.41) is 2.86. The van der Waals surface area contributed by atoms with Crippen LogP contribution in [0.25, 0.3) is 0 Å². The number of rotatable bonds is 6. The molecule has 0 fully saturated rings. The minimum atomic E-state index is -4.66. The van der Waals surface area contributed by atoms with Gasteiger partial charge in [-0.2, -0.15) is 8.78 Å². The Kier molecular flexibility index (Phi) is 5.89. The fourth-order valence-electron chi connectivity index (χ4n) is 2.36. The van der Waals surface area contributed by atoms with E-state index in [1.54, 1.807) is 0 Å². The average Bonchev–Trinajstić information content (AvgIpc) is 2.60. The SMILES string of the molecule is CC[C@H](NC(=O)c1ccc(S(=O)(=O)C(F)F)cc1)c1ccc(C)cc1. The van der Waals surface area contributed by atoms with E-state index < -0.39 is 26.4 Å². The van der Waals surface area contributed by atoms with Crippen LogP contribution in [0.5, 0.6) is 0 Å². The van der Waals surface area contributed by atoms with Gasteiger partial charge in [-0.15, -0.1) is 0 Å². The van der Waals surface area contributed by atoms with E-state index >= 15 is 0 Å². The molecule has 1 atom stereocenters. The van der Waals surface area contributed by atoms with Crippen LogP contribution in [0.3, 0.4) is 0 Å². The van der Waals surface area contributed by atoms with Gasteiger partial charge in [-0.05, 0) is 43.2 Å². The molecule has 2 aromatic rings. The van der Waals surface area contributed by atoms with Crippen molar-refractivity contribution in [1.29, 1.82) is 0 Å². The lowest BCUT2D eigenvalue weighted by atomic mass is 10.0. The van der Waals surface area contributed by atoms with E-state index in [0.717, 1.165) is 23.3 Å². The molecular weight excluding hydrogens is 348 g/mol. The molecule has 0 aromatic heterocycles. The van der Waals surface area contributed by atoms with Gasteiger partial charge in [0, 0.05) is 5.56 Å². The van der Waals surface area contributed by atoms with E-state index in [-0.39, 0.29) is 11.6 Å². The largest absolute Gasteiger partial charge is 0.345 e. The van der Waals surface area contributed by atoms with Crippen molar-refractivity contribution in [2.24, 2.45) is 0 Å². The minimum absolute atomic E-state index is 0.197. The van der Waals surface area contributed by atoms with Crippen LogP contribution < -0.4 is 5.32 Å². The fourth-order valence-corrected chi connectivity index (χ4v) is 3.08. The predicted molar refractivity (Wildman–Crippen MR) is 91.3 cm³/mol. The Hall–Kier alpha value is -2.28. The van der Waals surface area contributed by atoms with E-state index in [1.165, 1.54) is 12.1 Å². The summed E-state index contributed by atoms with van der Waals surface area (Å²) >= 11 is 0. The summed E-state index contributed by atoms with van der Waals surface area (Å²) in [7, 11) is -4.66. The smallest absolute Gasteiger partial charge is 0.341 e. The van der Waals surface area contributed by atoms with Crippen LogP contribution in [0.2, 0.25) is 0 Å². The molecule has 2 aromatic carbocycles. The molecule has 0 radical (unpaired) electrons. The molecule has 0 spiro atoms. The van der Waals surface area contributed by atoms with E-state index in [2.05, 4.69) is 5.32 Å². The number of amides is 1. The molecule has 2 rings (SSSR count). The molecule has 134 valence electrons. The molecule has 0 saturated heterocycles. The van der Waals surface area contributed by atoms with Gasteiger partial charge in [-0.3, -0.25) is 4.79 Å². The van der Waals surface area contributed by atoms with Crippen LogP contribution in [0.15, 0.2) is 53.4 Å². The van der Waals surface area contributed by atoms with Crippen LogP contribution in [0.1, 0.15) is 40.9 Å². The van der Waals surface area contributed by atoms with E-state index in [1.807, 2.05) is 38.1 Å². The number of aryl methyl sites for hydroxylation is 1. The molecule has 1 N–H and O–H groups in total. The molecule has 0 unspecified atom stereocenters. The zero-order valence-electron chi connectivity index (χ0n) is 13.9. The van der Waals surface area contributed by atoms with Crippen LogP contribution >= 0.6 is 0 Å². The van der Waals surface area contributed by atoms with Crippen molar-refractivity contribution in [2.45, 2.75) is 37.0 Å². The summed E-state index contributed by atoms with van der Waals surface area (Å²) < 4.78 is 47.8. The number of nitrogens with one attached hydrogen (secondary N) is 1. The van der Waals surface area contributed by atoms with Crippen molar-refractivity contribution in [1.82, 2.24) is 5.32 Å². The van der Waals surface area contributed by atoms with E-state index in [9.17, 15) is 22.0 Å². The Balaban J connectivity index is 2.16. The topological polar surface area (TPSA) is 63.2 Å². The third-order valence-corrected chi connectivity index (χ3v) is 5.27. The van der Waals surface area contributed by atoms with Crippen molar-refractivity contribution in [3.63, 3.8) is 0 Å². The lowest BCUT2D eigenvalue weighted by Crippen LogP contribution is -2.28.